The summed E-state index contributed by atoms with van der Waals surface area (Å²) in [5.41, 5.74) is 0.181. The van der Waals surface area contributed by atoms with Crippen molar-refractivity contribution >= 4 is 35.0 Å². The van der Waals surface area contributed by atoms with Crippen molar-refractivity contribution in [2.24, 2.45) is 0 Å². The second-order valence-electron chi connectivity index (χ2n) is 5.76. The van der Waals surface area contributed by atoms with Gasteiger partial charge in [0.1, 0.15) is 5.56 Å². The number of likely N-dealkylation sites (N-methyl/N-ethyl adjacent to an activating group) is 1. The first kappa shape index (κ1) is 19.8. The quantitative estimate of drug-likeness (QED) is 0.813. The van der Waals surface area contributed by atoms with E-state index in [2.05, 4.69) is 17.1 Å². The fraction of sp³-hybridized carbons (Fsp3) is 0.529. The van der Waals surface area contributed by atoms with Gasteiger partial charge in [-0.25, -0.2) is 0 Å². The van der Waals surface area contributed by atoms with E-state index in [0.29, 0.717) is 5.02 Å². The molecule has 0 bridgehead atoms. The van der Waals surface area contributed by atoms with Gasteiger partial charge in [-0.15, -0.1) is 0 Å². The number of carbonyl (C=O) groups is 2. The van der Waals surface area contributed by atoms with Crippen molar-refractivity contribution in [2.75, 3.05) is 46.4 Å². The third kappa shape index (κ3) is 5.00. The van der Waals surface area contributed by atoms with Gasteiger partial charge in [-0.05, 0) is 18.7 Å². The normalized spacial score (nSPS) is 15.1. The number of benzene rings is 1. The van der Waals surface area contributed by atoms with Crippen LogP contribution in [0, 0.1) is 0 Å². The van der Waals surface area contributed by atoms with Gasteiger partial charge in [-0.1, -0.05) is 30.1 Å². The molecule has 1 aromatic carbocycles. The molecule has 1 heterocycles. The van der Waals surface area contributed by atoms with Crippen molar-refractivity contribution in [3.8, 4) is 5.75 Å². The van der Waals surface area contributed by atoms with Crippen molar-refractivity contribution in [3.63, 3.8) is 0 Å². The van der Waals surface area contributed by atoms with Gasteiger partial charge >= 0.3 is 0 Å². The molecule has 1 N–H and O–H groups in total. The largest absolute Gasteiger partial charge is 0.494 e. The molecule has 25 heavy (non-hydrogen) atoms. The van der Waals surface area contributed by atoms with E-state index >= 15 is 0 Å². The number of halogens is 2. The second kappa shape index (κ2) is 9.27. The van der Waals surface area contributed by atoms with E-state index in [1.807, 2.05) is 4.90 Å². The maximum absolute atomic E-state index is 12.4. The van der Waals surface area contributed by atoms with Crippen molar-refractivity contribution in [1.82, 2.24) is 15.1 Å². The van der Waals surface area contributed by atoms with Gasteiger partial charge in [-0.2, -0.15) is 0 Å². The van der Waals surface area contributed by atoms with E-state index in [0.717, 1.165) is 32.7 Å². The van der Waals surface area contributed by atoms with E-state index in [-0.39, 0.29) is 35.2 Å². The van der Waals surface area contributed by atoms with Gasteiger partial charge in [0.25, 0.3) is 5.91 Å². The summed E-state index contributed by atoms with van der Waals surface area (Å²) in [7, 11) is 1.42. The van der Waals surface area contributed by atoms with Gasteiger partial charge in [0.05, 0.1) is 17.2 Å². The topological polar surface area (TPSA) is 61.9 Å². The standard InChI is InChI=1S/C17H23Cl2N3O3/c1-3-21-8-10-22(11-9-21)14(23)6-7-20-17(24)15-12(18)4-5-13(19)16(15)25-2/h4-5H,3,6-11H2,1-2H3,(H,20,24). The molecule has 138 valence electrons. The first-order valence-corrected chi connectivity index (χ1v) is 9.03. The summed E-state index contributed by atoms with van der Waals surface area (Å²) in [4.78, 5) is 28.8. The molecule has 0 saturated carbocycles. The maximum Gasteiger partial charge on any atom is 0.256 e. The highest BCUT2D eigenvalue weighted by Gasteiger charge is 2.22. The third-order valence-electron chi connectivity index (χ3n) is 4.29. The Morgan fingerprint density at radius 2 is 1.80 bits per heavy atom. The van der Waals surface area contributed by atoms with Crippen LogP contribution in [0.25, 0.3) is 0 Å². The number of methoxy groups -OCH3 is 1. The summed E-state index contributed by atoms with van der Waals surface area (Å²) >= 11 is 12.1. The first-order chi connectivity index (χ1) is 12.0. The molecule has 0 atom stereocenters. The fourth-order valence-corrected chi connectivity index (χ4v) is 3.26. The molecule has 0 spiro atoms. The molecule has 8 heteroatoms. The van der Waals surface area contributed by atoms with E-state index in [1.54, 1.807) is 12.1 Å². The first-order valence-electron chi connectivity index (χ1n) is 8.28. The van der Waals surface area contributed by atoms with Gasteiger partial charge in [-0.3, -0.25) is 9.59 Å². The zero-order chi connectivity index (χ0) is 18.4. The van der Waals surface area contributed by atoms with Crippen LogP contribution in [0.1, 0.15) is 23.7 Å². The fourth-order valence-electron chi connectivity index (χ4n) is 2.79. The average molecular weight is 388 g/mol. The number of carbonyl (C=O) groups excluding carboxylic acids is 2. The highest BCUT2D eigenvalue weighted by Crippen LogP contribution is 2.33. The monoisotopic (exact) mass is 387 g/mol. The maximum atomic E-state index is 12.4. The van der Waals surface area contributed by atoms with Crippen LogP contribution in [0.4, 0.5) is 0 Å². The molecular formula is C17H23Cl2N3O3. The molecule has 1 aliphatic heterocycles. The zero-order valence-electron chi connectivity index (χ0n) is 14.5. The number of nitrogens with one attached hydrogen (secondary N) is 1. The number of nitrogens with zero attached hydrogens (tertiary/aromatic N) is 2. The van der Waals surface area contributed by atoms with Gasteiger partial charge in [0.15, 0.2) is 5.75 Å². The lowest BCUT2D eigenvalue weighted by molar-refractivity contribution is -0.132. The molecule has 6 nitrogen and oxygen atoms in total. The molecule has 1 aromatic rings. The minimum atomic E-state index is -0.409. The molecule has 0 aliphatic carbocycles. The van der Waals surface area contributed by atoms with Crippen LogP contribution in [-0.2, 0) is 4.79 Å². The SMILES string of the molecule is CCN1CCN(C(=O)CCNC(=O)c2c(Cl)ccc(Cl)c2OC)CC1. The molecule has 1 saturated heterocycles. The average Bonchev–Trinajstić information content (AvgIpc) is 2.63. The smallest absolute Gasteiger partial charge is 0.256 e. The van der Waals surface area contributed by atoms with Crippen molar-refractivity contribution < 1.29 is 14.3 Å². The van der Waals surface area contributed by atoms with Crippen LogP contribution >= 0.6 is 23.2 Å². The predicted octanol–water partition coefficient (Wildman–Crippen LogP) is 2.29. The number of piperazine rings is 1. The molecule has 1 fully saturated rings. The van der Waals surface area contributed by atoms with Gasteiger partial charge in [0, 0.05) is 39.1 Å². The molecule has 2 amide bonds. The molecule has 0 aromatic heterocycles. The van der Waals surface area contributed by atoms with Crippen molar-refractivity contribution in [1.29, 1.82) is 0 Å². The van der Waals surface area contributed by atoms with E-state index in [4.69, 9.17) is 27.9 Å². The van der Waals surface area contributed by atoms with E-state index in [1.165, 1.54) is 7.11 Å². The summed E-state index contributed by atoms with van der Waals surface area (Å²) in [6.07, 6.45) is 0.248. The minimum absolute atomic E-state index is 0.0419. The van der Waals surface area contributed by atoms with Crippen molar-refractivity contribution in [2.45, 2.75) is 13.3 Å². The molecule has 2 rings (SSSR count). The summed E-state index contributed by atoms with van der Waals surface area (Å²) in [6.45, 7) is 6.59. The number of rotatable bonds is 6. The third-order valence-corrected chi connectivity index (χ3v) is 4.90. The van der Waals surface area contributed by atoms with Gasteiger partial charge in [0.2, 0.25) is 5.91 Å². The van der Waals surface area contributed by atoms with Crippen LogP contribution in [0.3, 0.4) is 0 Å². The Balaban J connectivity index is 1.87. The number of hydrogen-bond donors (Lipinski definition) is 1. The molecule has 0 unspecified atom stereocenters. The summed E-state index contributed by atoms with van der Waals surface area (Å²) in [6, 6.07) is 3.11. The van der Waals surface area contributed by atoms with Crippen LogP contribution in [0.5, 0.6) is 5.75 Å². The van der Waals surface area contributed by atoms with Crippen molar-refractivity contribution in [3.05, 3.63) is 27.7 Å². The van der Waals surface area contributed by atoms with Crippen LogP contribution < -0.4 is 10.1 Å². The zero-order valence-corrected chi connectivity index (χ0v) is 16.0. The minimum Gasteiger partial charge on any atom is -0.494 e. The lowest BCUT2D eigenvalue weighted by Gasteiger charge is -2.34. The lowest BCUT2D eigenvalue weighted by atomic mass is 10.1. The number of ether oxygens (including phenoxy) is 1. The predicted molar refractivity (Wildman–Crippen MR) is 98.7 cm³/mol. The summed E-state index contributed by atoms with van der Waals surface area (Å²) in [5, 5.41) is 3.27. The summed E-state index contributed by atoms with van der Waals surface area (Å²) in [5.74, 6) is -0.137. The Morgan fingerprint density at radius 1 is 1.16 bits per heavy atom. The van der Waals surface area contributed by atoms with Crippen LogP contribution in [-0.4, -0.2) is 68.0 Å². The van der Waals surface area contributed by atoms with Gasteiger partial charge < -0.3 is 19.9 Å². The Labute approximate surface area is 158 Å². The Kier molecular flexibility index (Phi) is 7.35. The Bertz CT molecular complexity index is 632. The van der Waals surface area contributed by atoms with Crippen LogP contribution in [0.2, 0.25) is 10.0 Å². The Morgan fingerprint density at radius 3 is 2.40 bits per heavy atom. The molecule has 0 radical (unpaired) electrons. The van der Waals surface area contributed by atoms with E-state index in [9.17, 15) is 9.59 Å². The Hall–Kier alpha value is -1.50. The van der Waals surface area contributed by atoms with E-state index < -0.39 is 5.91 Å². The van der Waals surface area contributed by atoms with Crippen LogP contribution in [0.15, 0.2) is 12.1 Å². The highest BCUT2D eigenvalue weighted by atomic mass is 35.5. The molecular weight excluding hydrogens is 365 g/mol. The number of amides is 2. The summed E-state index contributed by atoms with van der Waals surface area (Å²) < 4.78 is 5.16. The lowest BCUT2D eigenvalue weighted by Crippen LogP contribution is -2.49. The number of hydrogen-bond acceptors (Lipinski definition) is 4. The second-order valence-corrected chi connectivity index (χ2v) is 6.57. The highest BCUT2D eigenvalue weighted by molar-refractivity contribution is 6.37. The molecule has 1 aliphatic rings.